The van der Waals surface area contributed by atoms with E-state index in [0.717, 1.165) is 28.2 Å². The van der Waals surface area contributed by atoms with Crippen LogP contribution in [-0.2, 0) is 6.61 Å². The molecule has 2 rings (SSSR count). The number of guanidine groups is 1. The molecule has 0 atom stereocenters. The summed E-state index contributed by atoms with van der Waals surface area (Å²) >= 11 is 0. The highest BCUT2D eigenvalue weighted by Crippen LogP contribution is 2.23. The standard InChI is InChI=1S/C17H20N4O2/c1-12-5-3-4-6-15(12)23-11-14-9-13(7-8-16(14)22-2)10-20-21-17(18)19/h3-10H,11H2,1-2H3,(H4,18,19,21). The lowest BCUT2D eigenvalue weighted by atomic mass is 10.1. The number of benzene rings is 2. The van der Waals surface area contributed by atoms with Gasteiger partial charge in [0, 0.05) is 5.56 Å². The number of aryl methyl sites for hydroxylation is 1. The van der Waals surface area contributed by atoms with Gasteiger partial charge in [-0.25, -0.2) is 0 Å². The average Bonchev–Trinajstić information content (AvgIpc) is 2.54. The lowest BCUT2D eigenvalue weighted by Gasteiger charge is -2.12. The Morgan fingerprint density at radius 1 is 1.13 bits per heavy atom. The van der Waals surface area contributed by atoms with Crippen LogP contribution in [0.3, 0.4) is 0 Å². The number of ether oxygens (including phenoxy) is 2. The molecule has 0 fully saturated rings. The Bertz CT molecular complexity index is 722. The van der Waals surface area contributed by atoms with Crippen molar-refractivity contribution in [1.82, 2.24) is 0 Å². The molecule has 6 heteroatoms. The van der Waals surface area contributed by atoms with E-state index in [1.54, 1.807) is 13.3 Å². The maximum Gasteiger partial charge on any atom is 0.211 e. The Hall–Kier alpha value is -3.02. The molecule has 0 aromatic heterocycles. The quantitative estimate of drug-likeness (QED) is 0.485. The number of hydrogen-bond acceptors (Lipinski definition) is 4. The number of rotatable bonds is 6. The van der Waals surface area contributed by atoms with Crippen LogP contribution in [0.5, 0.6) is 11.5 Å². The minimum Gasteiger partial charge on any atom is -0.496 e. The van der Waals surface area contributed by atoms with E-state index in [4.69, 9.17) is 20.9 Å². The van der Waals surface area contributed by atoms with Gasteiger partial charge in [-0.1, -0.05) is 18.2 Å². The van der Waals surface area contributed by atoms with Crippen LogP contribution in [0.2, 0.25) is 0 Å². The first-order valence-corrected chi connectivity index (χ1v) is 7.07. The fraction of sp³-hybridized carbons (Fsp3) is 0.176. The van der Waals surface area contributed by atoms with Gasteiger partial charge in [-0.2, -0.15) is 5.10 Å². The van der Waals surface area contributed by atoms with Crippen molar-refractivity contribution < 1.29 is 9.47 Å². The second-order valence-corrected chi connectivity index (χ2v) is 4.89. The third-order valence-electron chi connectivity index (χ3n) is 3.16. The highest BCUT2D eigenvalue weighted by Gasteiger charge is 2.06. The summed E-state index contributed by atoms with van der Waals surface area (Å²) in [5.74, 6) is 1.50. The van der Waals surface area contributed by atoms with Crippen molar-refractivity contribution >= 4 is 12.2 Å². The number of para-hydroxylation sites is 1. The van der Waals surface area contributed by atoms with E-state index in [-0.39, 0.29) is 5.96 Å². The number of methoxy groups -OCH3 is 1. The summed E-state index contributed by atoms with van der Waals surface area (Å²) in [6.07, 6.45) is 1.57. The SMILES string of the molecule is COc1ccc(C=NN=C(N)N)cc1COc1ccccc1C. The van der Waals surface area contributed by atoms with Crippen molar-refractivity contribution in [2.24, 2.45) is 21.7 Å². The summed E-state index contributed by atoms with van der Waals surface area (Å²) in [7, 11) is 1.62. The first-order chi connectivity index (χ1) is 11.1. The summed E-state index contributed by atoms with van der Waals surface area (Å²) in [6, 6.07) is 13.5. The summed E-state index contributed by atoms with van der Waals surface area (Å²) in [5.41, 5.74) is 13.3. The van der Waals surface area contributed by atoms with Crippen molar-refractivity contribution in [3.63, 3.8) is 0 Å². The monoisotopic (exact) mass is 312 g/mol. The molecule has 6 nitrogen and oxygen atoms in total. The van der Waals surface area contributed by atoms with E-state index >= 15 is 0 Å². The van der Waals surface area contributed by atoms with Gasteiger partial charge < -0.3 is 20.9 Å². The maximum absolute atomic E-state index is 5.87. The second-order valence-electron chi connectivity index (χ2n) is 4.89. The van der Waals surface area contributed by atoms with Crippen molar-refractivity contribution in [2.45, 2.75) is 13.5 Å². The smallest absolute Gasteiger partial charge is 0.211 e. The van der Waals surface area contributed by atoms with E-state index < -0.39 is 0 Å². The van der Waals surface area contributed by atoms with Crippen LogP contribution >= 0.6 is 0 Å². The zero-order valence-electron chi connectivity index (χ0n) is 13.2. The first kappa shape index (κ1) is 16.4. The van der Waals surface area contributed by atoms with Gasteiger partial charge in [0.05, 0.1) is 13.3 Å². The summed E-state index contributed by atoms with van der Waals surface area (Å²) in [5, 5.41) is 7.38. The predicted octanol–water partition coefficient (Wildman–Crippen LogP) is 2.19. The van der Waals surface area contributed by atoms with Crippen molar-refractivity contribution in [3.05, 3.63) is 59.2 Å². The summed E-state index contributed by atoms with van der Waals surface area (Å²) in [6.45, 7) is 2.39. The molecule has 0 unspecified atom stereocenters. The van der Waals surface area contributed by atoms with Crippen molar-refractivity contribution in [2.75, 3.05) is 7.11 Å². The van der Waals surface area contributed by atoms with Gasteiger partial charge in [0.25, 0.3) is 0 Å². The van der Waals surface area contributed by atoms with E-state index in [9.17, 15) is 0 Å². The highest BCUT2D eigenvalue weighted by molar-refractivity contribution is 5.82. The lowest BCUT2D eigenvalue weighted by Crippen LogP contribution is -2.21. The maximum atomic E-state index is 5.87. The van der Waals surface area contributed by atoms with Gasteiger partial charge in [-0.15, -0.1) is 5.10 Å². The zero-order valence-corrected chi connectivity index (χ0v) is 13.2. The van der Waals surface area contributed by atoms with E-state index in [0.29, 0.717) is 6.61 Å². The Balaban J connectivity index is 2.17. The molecule has 2 aromatic carbocycles. The minimum absolute atomic E-state index is 0.0853. The van der Waals surface area contributed by atoms with Gasteiger partial charge in [0.15, 0.2) is 0 Å². The molecule has 0 saturated carbocycles. The Labute approximate surface area is 135 Å². The molecule has 0 aliphatic carbocycles. The average molecular weight is 312 g/mol. The molecule has 23 heavy (non-hydrogen) atoms. The van der Waals surface area contributed by atoms with Gasteiger partial charge in [-0.3, -0.25) is 0 Å². The Morgan fingerprint density at radius 2 is 1.91 bits per heavy atom. The van der Waals surface area contributed by atoms with Crippen molar-refractivity contribution in [1.29, 1.82) is 0 Å². The molecule has 2 aromatic rings. The van der Waals surface area contributed by atoms with Crippen LogP contribution in [0.25, 0.3) is 0 Å². The minimum atomic E-state index is -0.0853. The van der Waals surface area contributed by atoms with E-state index in [1.807, 2.05) is 49.4 Å². The van der Waals surface area contributed by atoms with Crippen LogP contribution in [0.15, 0.2) is 52.7 Å². The number of hydrogen-bond donors (Lipinski definition) is 2. The van der Waals surface area contributed by atoms with Gasteiger partial charge in [0.2, 0.25) is 5.96 Å². The van der Waals surface area contributed by atoms with Crippen LogP contribution in [0, 0.1) is 6.92 Å². The molecule has 0 amide bonds. The fourth-order valence-corrected chi connectivity index (χ4v) is 2.03. The van der Waals surface area contributed by atoms with Crippen LogP contribution in [0.1, 0.15) is 16.7 Å². The largest absolute Gasteiger partial charge is 0.496 e. The molecule has 0 bridgehead atoms. The molecule has 0 heterocycles. The Morgan fingerprint density at radius 3 is 2.61 bits per heavy atom. The Kier molecular flexibility index (Phi) is 5.57. The highest BCUT2D eigenvalue weighted by atomic mass is 16.5. The normalized spacial score (nSPS) is 10.5. The summed E-state index contributed by atoms with van der Waals surface area (Å²) in [4.78, 5) is 0. The molecule has 0 radical (unpaired) electrons. The second kappa shape index (κ2) is 7.84. The van der Waals surface area contributed by atoms with E-state index in [1.165, 1.54) is 0 Å². The molecule has 0 spiro atoms. The molecule has 120 valence electrons. The van der Waals surface area contributed by atoms with Gasteiger partial charge in [-0.05, 0) is 42.3 Å². The lowest BCUT2D eigenvalue weighted by molar-refractivity contribution is 0.295. The zero-order chi connectivity index (χ0) is 16.7. The predicted molar refractivity (Wildman–Crippen MR) is 91.9 cm³/mol. The van der Waals surface area contributed by atoms with E-state index in [2.05, 4.69) is 10.2 Å². The molecule has 4 N–H and O–H groups in total. The third-order valence-corrected chi connectivity index (χ3v) is 3.16. The fourth-order valence-electron chi connectivity index (χ4n) is 2.03. The number of nitrogens with two attached hydrogens (primary N) is 2. The molecule has 0 aliphatic heterocycles. The topological polar surface area (TPSA) is 95.2 Å². The first-order valence-electron chi connectivity index (χ1n) is 7.07. The van der Waals surface area contributed by atoms with Gasteiger partial charge >= 0.3 is 0 Å². The summed E-state index contributed by atoms with van der Waals surface area (Å²) < 4.78 is 11.2. The molecule has 0 aliphatic rings. The van der Waals surface area contributed by atoms with Crippen LogP contribution < -0.4 is 20.9 Å². The van der Waals surface area contributed by atoms with Crippen molar-refractivity contribution in [3.8, 4) is 11.5 Å². The molecule has 0 saturated heterocycles. The molecular formula is C17H20N4O2. The van der Waals surface area contributed by atoms with Gasteiger partial charge in [0.1, 0.15) is 18.1 Å². The number of nitrogens with zero attached hydrogens (tertiary/aromatic N) is 2. The van der Waals surface area contributed by atoms with Crippen LogP contribution in [-0.4, -0.2) is 19.3 Å². The van der Waals surface area contributed by atoms with Crippen LogP contribution in [0.4, 0.5) is 0 Å². The molecular weight excluding hydrogens is 292 g/mol. The third kappa shape index (κ3) is 4.74.